The Morgan fingerprint density at radius 3 is 2.75 bits per heavy atom. The molecule has 0 radical (unpaired) electrons. The minimum atomic E-state index is -0.436. The number of hydrogen-bond acceptors (Lipinski definition) is 5. The van der Waals surface area contributed by atoms with Crippen molar-refractivity contribution in [3.8, 4) is 0 Å². The van der Waals surface area contributed by atoms with Gasteiger partial charge in [0.15, 0.2) is 0 Å². The molecule has 4 rings (SSSR count). The molecule has 0 bridgehead atoms. The summed E-state index contributed by atoms with van der Waals surface area (Å²) in [6.45, 7) is 5.87. The lowest BCUT2D eigenvalue weighted by Crippen LogP contribution is -2.31. The third kappa shape index (κ3) is 3.31. The van der Waals surface area contributed by atoms with Gasteiger partial charge in [0.1, 0.15) is 6.04 Å². The first kappa shape index (κ1) is 18.4. The predicted molar refractivity (Wildman–Crippen MR) is 111 cm³/mol. The molecule has 2 aromatic carbocycles. The van der Waals surface area contributed by atoms with Crippen molar-refractivity contribution in [2.75, 3.05) is 10.6 Å². The fraction of sp³-hybridized carbons (Fsp3) is 0.200. The number of fused-ring (bicyclic) bond motifs is 1. The van der Waals surface area contributed by atoms with E-state index in [-0.39, 0.29) is 5.91 Å². The molecule has 1 amide bonds. The van der Waals surface area contributed by atoms with Crippen molar-refractivity contribution in [3.05, 3.63) is 74.9 Å². The Kier molecular flexibility index (Phi) is 4.72. The number of hydrogen-bond donors (Lipinski definition) is 2. The van der Waals surface area contributed by atoms with E-state index in [9.17, 15) is 4.79 Å². The van der Waals surface area contributed by atoms with Gasteiger partial charge in [-0.05, 0) is 60.5 Å². The second-order valence-corrected chi connectivity index (χ2v) is 7.76. The van der Waals surface area contributed by atoms with E-state index in [0.717, 1.165) is 32.5 Å². The van der Waals surface area contributed by atoms with Crippen molar-refractivity contribution in [1.29, 1.82) is 0 Å². The molecular weight excluding hydrogens is 420 g/mol. The van der Waals surface area contributed by atoms with Crippen LogP contribution in [0, 0.1) is 13.8 Å². The quantitative estimate of drug-likeness (QED) is 0.645. The standard InChI is InChI=1S/C20H19BrN6O/c1-11-7-8-16(12(2)9-11)23-19(28)17-13(3)22-20-24-25-26-27(20)18(17)14-5-4-6-15(21)10-14/h4-10,18H,1-3H3,(H,23,28)(H,22,24,26)/t18-/m1/s1. The second kappa shape index (κ2) is 7.20. The number of allylic oxidation sites excluding steroid dienone is 1. The zero-order valence-corrected chi connectivity index (χ0v) is 17.3. The highest BCUT2D eigenvalue weighted by molar-refractivity contribution is 9.10. The molecule has 0 fully saturated rings. The van der Waals surface area contributed by atoms with Crippen LogP contribution in [0.3, 0.4) is 0 Å². The number of rotatable bonds is 3. The zero-order valence-electron chi connectivity index (χ0n) is 15.7. The van der Waals surface area contributed by atoms with E-state index < -0.39 is 6.04 Å². The summed E-state index contributed by atoms with van der Waals surface area (Å²) >= 11 is 3.51. The van der Waals surface area contributed by atoms with Crippen LogP contribution in [0.25, 0.3) is 0 Å². The number of aromatic nitrogens is 4. The molecule has 1 aromatic heterocycles. The number of carbonyl (C=O) groups is 1. The van der Waals surface area contributed by atoms with Gasteiger partial charge in [-0.1, -0.05) is 50.9 Å². The number of carbonyl (C=O) groups excluding carboxylic acids is 1. The monoisotopic (exact) mass is 438 g/mol. The van der Waals surface area contributed by atoms with Gasteiger partial charge in [-0.2, -0.15) is 4.68 Å². The molecule has 0 saturated carbocycles. The molecule has 0 spiro atoms. The van der Waals surface area contributed by atoms with Crippen molar-refractivity contribution < 1.29 is 4.79 Å². The number of nitrogens with one attached hydrogen (secondary N) is 2. The fourth-order valence-corrected chi connectivity index (χ4v) is 3.85. The number of anilines is 2. The van der Waals surface area contributed by atoms with Gasteiger partial charge in [0, 0.05) is 15.9 Å². The molecule has 1 aliphatic heterocycles. The van der Waals surface area contributed by atoms with Gasteiger partial charge < -0.3 is 10.6 Å². The number of nitrogens with zero attached hydrogens (tertiary/aromatic N) is 4. The summed E-state index contributed by atoms with van der Waals surface area (Å²) < 4.78 is 2.55. The average Bonchev–Trinajstić information content (AvgIpc) is 3.10. The molecule has 0 aliphatic carbocycles. The van der Waals surface area contributed by atoms with Crippen molar-refractivity contribution in [1.82, 2.24) is 20.2 Å². The summed E-state index contributed by atoms with van der Waals surface area (Å²) in [5, 5.41) is 18.1. The lowest BCUT2D eigenvalue weighted by molar-refractivity contribution is -0.113. The van der Waals surface area contributed by atoms with Gasteiger partial charge in [0.25, 0.3) is 5.91 Å². The maximum atomic E-state index is 13.3. The molecule has 1 aliphatic rings. The van der Waals surface area contributed by atoms with Gasteiger partial charge in [-0.3, -0.25) is 4.79 Å². The highest BCUT2D eigenvalue weighted by atomic mass is 79.9. The van der Waals surface area contributed by atoms with Crippen LogP contribution >= 0.6 is 15.9 Å². The van der Waals surface area contributed by atoms with Crippen LogP contribution in [0.4, 0.5) is 11.6 Å². The van der Waals surface area contributed by atoms with Gasteiger partial charge in [0.05, 0.1) is 5.57 Å². The van der Waals surface area contributed by atoms with Crippen LogP contribution in [0.1, 0.15) is 29.7 Å². The molecule has 0 unspecified atom stereocenters. The van der Waals surface area contributed by atoms with Crippen molar-refractivity contribution in [2.24, 2.45) is 0 Å². The molecule has 1 atom stereocenters. The van der Waals surface area contributed by atoms with Crippen LogP contribution in [0.15, 0.2) is 58.2 Å². The maximum absolute atomic E-state index is 13.3. The summed E-state index contributed by atoms with van der Waals surface area (Å²) in [6, 6.07) is 13.3. The SMILES string of the molecule is CC1=C(C(=O)Nc2ccc(C)cc2C)[C@@H](c2cccc(Br)c2)n2nnnc2N1. The predicted octanol–water partition coefficient (Wildman–Crippen LogP) is 3.98. The molecule has 3 aromatic rings. The lowest BCUT2D eigenvalue weighted by Gasteiger charge is -2.28. The van der Waals surface area contributed by atoms with Crippen LogP contribution in [-0.4, -0.2) is 26.1 Å². The molecule has 2 heterocycles. The smallest absolute Gasteiger partial charge is 0.255 e. The van der Waals surface area contributed by atoms with E-state index in [1.165, 1.54) is 0 Å². The Balaban J connectivity index is 1.77. The molecule has 142 valence electrons. The van der Waals surface area contributed by atoms with Gasteiger partial charge in [-0.15, -0.1) is 0 Å². The third-order valence-electron chi connectivity index (χ3n) is 4.75. The summed E-state index contributed by atoms with van der Waals surface area (Å²) in [5.41, 5.74) is 5.14. The Morgan fingerprint density at radius 1 is 1.18 bits per heavy atom. The number of aryl methyl sites for hydroxylation is 2. The van der Waals surface area contributed by atoms with Gasteiger partial charge in [0.2, 0.25) is 5.95 Å². The minimum Gasteiger partial charge on any atom is -0.326 e. The first-order chi connectivity index (χ1) is 13.4. The summed E-state index contributed by atoms with van der Waals surface area (Å²) in [5.74, 6) is 0.314. The van der Waals surface area contributed by atoms with Crippen molar-refractivity contribution in [3.63, 3.8) is 0 Å². The first-order valence-electron chi connectivity index (χ1n) is 8.84. The molecule has 0 saturated heterocycles. The van der Waals surface area contributed by atoms with Crippen LogP contribution in [0.5, 0.6) is 0 Å². The third-order valence-corrected chi connectivity index (χ3v) is 5.25. The highest BCUT2D eigenvalue weighted by Gasteiger charge is 2.34. The molecule has 2 N–H and O–H groups in total. The number of benzene rings is 2. The van der Waals surface area contributed by atoms with Gasteiger partial charge >= 0.3 is 0 Å². The molecular formula is C20H19BrN6O. The Labute approximate surface area is 171 Å². The highest BCUT2D eigenvalue weighted by Crippen LogP contribution is 2.35. The Bertz CT molecular complexity index is 1100. The number of amides is 1. The lowest BCUT2D eigenvalue weighted by atomic mass is 9.95. The number of halogens is 1. The Morgan fingerprint density at radius 2 is 2.00 bits per heavy atom. The molecule has 28 heavy (non-hydrogen) atoms. The first-order valence-corrected chi connectivity index (χ1v) is 9.63. The summed E-state index contributed by atoms with van der Waals surface area (Å²) in [7, 11) is 0. The average molecular weight is 439 g/mol. The number of tetrazole rings is 1. The Hall–Kier alpha value is -3.00. The van der Waals surface area contributed by atoms with Gasteiger partial charge in [-0.25, -0.2) is 0 Å². The van der Waals surface area contributed by atoms with E-state index in [2.05, 4.69) is 42.1 Å². The normalized spacial score (nSPS) is 15.8. The van der Waals surface area contributed by atoms with Crippen LogP contribution < -0.4 is 10.6 Å². The largest absolute Gasteiger partial charge is 0.326 e. The van der Waals surface area contributed by atoms with E-state index in [0.29, 0.717) is 11.5 Å². The van der Waals surface area contributed by atoms with Crippen molar-refractivity contribution >= 4 is 33.5 Å². The van der Waals surface area contributed by atoms with E-state index in [4.69, 9.17) is 0 Å². The van der Waals surface area contributed by atoms with Crippen LogP contribution in [-0.2, 0) is 4.79 Å². The summed E-state index contributed by atoms with van der Waals surface area (Å²) in [4.78, 5) is 13.3. The van der Waals surface area contributed by atoms with Crippen molar-refractivity contribution in [2.45, 2.75) is 26.8 Å². The second-order valence-electron chi connectivity index (χ2n) is 6.84. The molecule has 8 heteroatoms. The molecule has 7 nitrogen and oxygen atoms in total. The summed E-state index contributed by atoms with van der Waals surface area (Å²) in [6.07, 6.45) is 0. The van der Waals surface area contributed by atoms with E-state index in [1.54, 1.807) is 4.68 Å². The van der Waals surface area contributed by atoms with E-state index in [1.807, 2.05) is 63.2 Å². The zero-order chi connectivity index (χ0) is 19.8. The van der Waals surface area contributed by atoms with Crippen LogP contribution in [0.2, 0.25) is 0 Å². The minimum absolute atomic E-state index is 0.192. The van der Waals surface area contributed by atoms with E-state index >= 15 is 0 Å². The topological polar surface area (TPSA) is 84.7 Å². The fourth-order valence-electron chi connectivity index (χ4n) is 3.43. The maximum Gasteiger partial charge on any atom is 0.255 e.